The van der Waals surface area contributed by atoms with Crippen LogP contribution in [0.3, 0.4) is 0 Å². The van der Waals surface area contributed by atoms with E-state index in [-0.39, 0.29) is 11.6 Å². The maximum atomic E-state index is 11.1. The average Bonchev–Trinajstić information content (AvgIpc) is 1.84. The van der Waals surface area contributed by atoms with Crippen LogP contribution in [0.15, 0.2) is 12.2 Å². The molecule has 0 atom stereocenters. The molecule has 0 heterocycles. The first-order valence-electron chi connectivity index (χ1n) is 4.28. The van der Waals surface area contributed by atoms with Crippen LogP contribution in [0.5, 0.6) is 0 Å². The second kappa shape index (κ2) is 4.96. The minimum absolute atomic E-state index is 0.124. The molecular weight excluding hydrogens is 152 g/mol. The fourth-order valence-corrected chi connectivity index (χ4v) is 0.760. The number of rotatable bonds is 3. The lowest BCUT2D eigenvalue weighted by Gasteiger charge is -2.19. The first kappa shape index (κ1) is 11.2. The van der Waals surface area contributed by atoms with Crippen molar-refractivity contribution in [3.8, 4) is 0 Å². The van der Waals surface area contributed by atoms with Gasteiger partial charge >= 0.3 is 5.97 Å². The zero-order valence-corrected chi connectivity index (χ0v) is 8.39. The highest BCUT2D eigenvalue weighted by molar-refractivity contribution is 5.69. The molecule has 0 aliphatic carbocycles. The summed E-state index contributed by atoms with van der Waals surface area (Å²) in [5.74, 6) is -0.124. The van der Waals surface area contributed by atoms with Crippen molar-refractivity contribution in [3.05, 3.63) is 12.2 Å². The SMILES string of the molecule is CC=CCCC(=O)OC(C)(C)C. The second-order valence-corrected chi connectivity index (χ2v) is 3.69. The number of ether oxygens (including phenoxy) is 1. The molecule has 0 aliphatic rings. The fraction of sp³-hybridized carbons (Fsp3) is 0.700. The van der Waals surface area contributed by atoms with Gasteiger partial charge in [0.05, 0.1) is 0 Å². The van der Waals surface area contributed by atoms with Gasteiger partial charge in [-0.15, -0.1) is 0 Å². The van der Waals surface area contributed by atoms with Crippen molar-refractivity contribution < 1.29 is 9.53 Å². The standard InChI is InChI=1S/C10H18O2/c1-5-6-7-8-9(11)12-10(2,3)4/h5-6H,7-8H2,1-4H3. The number of hydrogen-bond donors (Lipinski definition) is 0. The third kappa shape index (κ3) is 7.32. The third-order valence-corrected chi connectivity index (χ3v) is 1.17. The molecule has 0 unspecified atom stereocenters. The van der Waals surface area contributed by atoms with Gasteiger partial charge in [0.1, 0.15) is 5.60 Å². The van der Waals surface area contributed by atoms with Crippen molar-refractivity contribution in [2.24, 2.45) is 0 Å². The lowest BCUT2D eigenvalue weighted by Crippen LogP contribution is -2.23. The van der Waals surface area contributed by atoms with Crippen LogP contribution in [-0.2, 0) is 9.53 Å². The van der Waals surface area contributed by atoms with Gasteiger partial charge in [-0.05, 0) is 34.1 Å². The number of allylic oxidation sites excluding steroid dienone is 2. The second-order valence-electron chi connectivity index (χ2n) is 3.69. The van der Waals surface area contributed by atoms with Gasteiger partial charge < -0.3 is 4.74 Å². The van der Waals surface area contributed by atoms with Gasteiger partial charge in [-0.1, -0.05) is 12.2 Å². The van der Waals surface area contributed by atoms with E-state index in [1.54, 1.807) is 0 Å². The molecule has 0 aromatic carbocycles. The maximum Gasteiger partial charge on any atom is 0.306 e. The predicted octanol–water partition coefficient (Wildman–Crippen LogP) is 2.68. The summed E-state index contributed by atoms with van der Waals surface area (Å²) in [5.41, 5.74) is -0.354. The van der Waals surface area contributed by atoms with Gasteiger partial charge in [0.15, 0.2) is 0 Å². The quantitative estimate of drug-likeness (QED) is 0.481. The summed E-state index contributed by atoms with van der Waals surface area (Å²) in [6.07, 6.45) is 5.14. The molecule has 0 aliphatic heterocycles. The normalized spacial score (nSPS) is 12.0. The smallest absolute Gasteiger partial charge is 0.306 e. The summed E-state index contributed by atoms with van der Waals surface area (Å²) in [4.78, 5) is 11.1. The number of esters is 1. The summed E-state index contributed by atoms with van der Waals surface area (Å²) in [6.45, 7) is 7.57. The Labute approximate surface area is 74.6 Å². The summed E-state index contributed by atoms with van der Waals surface area (Å²) in [6, 6.07) is 0. The molecule has 0 aromatic rings. The molecule has 0 radical (unpaired) electrons. The van der Waals surface area contributed by atoms with E-state index in [4.69, 9.17) is 4.74 Å². The van der Waals surface area contributed by atoms with E-state index < -0.39 is 0 Å². The lowest BCUT2D eigenvalue weighted by molar-refractivity contribution is -0.154. The van der Waals surface area contributed by atoms with Crippen LogP contribution in [0.1, 0.15) is 40.5 Å². The van der Waals surface area contributed by atoms with E-state index >= 15 is 0 Å². The summed E-state index contributed by atoms with van der Waals surface area (Å²) in [7, 11) is 0. The van der Waals surface area contributed by atoms with Crippen LogP contribution in [0, 0.1) is 0 Å². The van der Waals surface area contributed by atoms with Gasteiger partial charge in [0.25, 0.3) is 0 Å². The Kier molecular flexibility index (Phi) is 4.64. The van der Waals surface area contributed by atoms with Crippen molar-refractivity contribution in [2.75, 3.05) is 0 Å². The van der Waals surface area contributed by atoms with Crippen LogP contribution in [0.2, 0.25) is 0 Å². The van der Waals surface area contributed by atoms with Crippen molar-refractivity contribution in [3.63, 3.8) is 0 Å². The largest absolute Gasteiger partial charge is 0.460 e. The molecule has 0 saturated heterocycles. The number of carbonyl (C=O) groups excluding carboxylic acids is 1. The minimum Gasteiger partial charge on any atom is -0.460 e. The van der Waals surface area contributed by atoms with E-state index in [0.29, 0.717) is 6.42 Å². The first-order chi connectivity index (χ1) is 5.45. The third-order valence-electron chi connectivity index (χ3n) is 1.17. The van der Waals surface area contributed by atoms with E-state index in [9.17, 15) is 4.79 Å². The van der Waals surface area contributed by atoms with Crippen LogP contribution >= 0.6 is 0 Å². The molecule has 0 fully saturated rings. The zero-order chi connectivity index (χ0) is 9.61. The number of hydrogen-bond acceptors (Lipinski definition) is 2. The van der Waals surface area contributed by atoms with Crippen molar-refractivity contribution >= 4 is 5.97 Å². The highest BCUT2D eigenvalue weighted by Gasteiger charge is 2.14. The molecule has 2 nitrogen and oxygen atoms in total. The van der Waals surface area contributed by atoms with Crippen LogP contribution < -0.4 is 0 Å². The highest BCUT2D eigenvalue weighted by Crippen LogP contribution is 2.08. The van der Waals surface area contributed by atoms with Gasteiger partial charge in [-0.3, -0.25) is 4.79 Å². The van der Waals surface area contributed by atoms with Crippen LogP contribution in [0.25, 0.3) is 0 Å². The Bertz CT molecular complexity index is 163. The highest BCUT2D eigenvalue weighted by atomic mass is 16.6. The molecule has 2 heteroatoms. The summed E-state index contributed by atoms with van der Waals surface area (Å²) in [5, 5.41) is 0. The Morgan fingerprint density at radius 2 is 2.00 bits per heavy atom. The Hall–Kier alpha value is -0.790. The Morgan fingerprint density at radius 1 is 1.42 bits per heavy atom. The lowest BCUT2D eigenvalue weighted by atomic mass is 10.2. The van der Waals surface area contributed by atoms with Crippen LogP contribution in [-0.4, -0.2) is 11.6 Å². The summed E-state index contributed by atoms with van der Waals surface area (Å²) >= 11 is 0. The zero-order valence-electron chi connectivity index (χ0n) is 8.39. The van der Waals surface area contributed by atoms with Crippen LogP contribution in [0.4, 0.5) is 0 Å². The van der Waals surface area contributed by atoms with E-state index in [0.717, 1.165) is 6.42 Å². The van der Waals surface area contributed by atoms with Gasteiger partial charge in [0, 0.05) is 6.42 Å². The molecule has 0 bridgehead atoms. The van der Waals surface area contributed by atoms with Crippen molar-refractivity contribution in [2.45, 2.75) is 46.1 Å². The fourth-order valence-electron chi connectivity index (χ4n) is 0.760. The molecule has 0 spiro atoms. The minimum atomic E-state index is -0.354. The molecule has 70 valence electrons. The predicted molar refractivity (Wildman–Crippen MR) is 49.9 cm³/mol. The monoisotopic (exact) mass is 170 g/mol. The summed E-state index contributed by atoms with van der Waals surface area (Å²) < 4.78 is 5.11. The molecule has 12 heavy (non-hydrogen) atoms. The van der Waals surface area contributed by atoms with Crippen molar-refractivity contribution in [1.82, 2.24) is 0 Å². The van der Waals surface area contributed by atoms with Gasteiger partial charge in [-0.25, -0.2) is 0 Å². The molecule has 0 N–H and O–H groups in total. The molecule has 0 aromatic heterocycles. The topological polar surface area (TPSA) is 26.3 Å². The molecule has 0 rings (SSSR count). The van der Waals surface area contributed by atoms with Gasteiger partial charge in [-0.2, -0.15) is 0 Å². The van der Waals surface area contributed by atoms with E-state index in [1.807, 2.05) is 39.8 Å². The molecule has 0 amide bonds. The van der Waals surface area contributed by atoms with E-state index in [2.05, 4.69) is 0 Å². The Balaban J connectivity index is 3.61. The van der Waals surface area contributed by atoms with Gasteiger partial charge in [0.2, 0.25) is 0 Å². The van der Waals surface area contributed by atoms with E-state index in [1.165, 1.54) is 0 Å². The maximum absolute atomic E-state index is 11.1. The molecular formula is C10H18O2. The van der Waals surface area contributed by atoms with Crippen molar-refractivity contribution in [1.29, 1.82) is 0 Å². The Morgan fingerprint density at radius 3 is 2.42 bits per heavy atom. The molecule has 0 saturated carbocycles. The number of carbonyl (C=O) groups is 1. The first-order valence-corrected chi connectivity index (χ1v) is 4.28. The average molecular weight is 170 g/mol.